The third kappa shape index (κ3) is 2.94. The van der Waals surface area contributed by atoms with Crippen molar-refractivity contribution in [1.29, 1.82) is 0 Å². The number of amides is 2. The van der Waals surface area contributed by atoms with Crippen LogP contribution in [0.5, 0.6) is 0 Å². The van der Waals surface area contributed by atoms with Gasteiger partial charge in [-0.1, -0.05) is 30.3 Å². The van der Waals surface area contributed by atoms with Crippen molar-refractivity contribution in [2.45, 2.75) is 0 Å². The molecule has 0 saturated heterocycles. The van der Waals surface area contributed by atoms with Gasteiger partial charge in [0.25, 0.3) is 5.91 Å². The lowest BCUT2D eigenvalue weighted by molar-refractivity contribution is -0.105. The van der Waals surface area contributed by atoms with Gasteiger partial charge in [-0.2, -0.15) is 0 Å². The Hall–Kier alpha value is -3.28. The van der Waals surface area contributed by atoms with Crippen molar-refractivity contribution in [3.8, 4) is 0 Å². The zero-order valence-electron chi connectivity index (χ0n) is 12.3. The van der Waals surface area contributed by atoms with Crippen LogP contribution in [0.2, 0.25) is 0 Å². The average Bonchev–Trinajstić information content (AvgIpc) is 2.58. The van der Waals surface area contributed by atoms with Gasteiger partial charge in [0.1, 0.15) is 0 Å². The van der Waals surface area contributed by atoms with Crippen LogP contribution in [0.3, 0.4) is 0 Å². The maximum Gasteiger partial charge on any atom is 0.258 e. The molecular formula is C18H12F2N2O2. The highest BCUT2D eigenvalue weighted by Gasteiger charge is 2.16. The minimum Gasteiger partial charge on any atom is -0.328 e. The number of carbonyl (C=O) groups excluding carboxylic acids is 2. The molecule has 0 aromatic heterocycles. The van der Waals surface area contributed by atoms with Gasteiger partial charge in [-0.25, -0.2) is 8.78 Å². The quantitative estimate of drug-likeness (QED) is 0.714. The molecule has 3 aromatic rings. The number of fused-ring (bicyclic) bond motifs is 1. The number of anilines is 2. The number of carbonyl (C=O) groups is 2. The molecule has 120 valence electrons. The number of nitrogens with one attached hydrogen (secondary N) is 2. The van der Waals surface area contributed by atoms with Crippen LogP contribution in [0.25, 0.3) is 10.8 Å². The Labute approximate surface area is 136 Å². The van der Waals surface area contributed by atoms with E-state index >= 15 is 0 Å². The first kappa shape index (κ1) is 15.6. The summed E-state index contributed by atoms with van der Waals surface area (Å²) in [6, 6.07) is 13.6. The lowest BCUT2D eigenvalue weighted by Crippen LogP contribution is -2.15. The van der Waals surface area contributed by atoms with Crippen molar-refractivity contribution in [2.24, 2.45) is 0 Å². The Morgan fingerprint density at radius 2 is 1.75 bits per heavy atom. The van der Waals surface area contributed by atoms with Gasteiger partial charge in [0.05, 0.1) is 11.3 Å². The van der Waals surface area contributed by atoms with Crippen molar-refractivity contribution in [3.05, 3.63) is 71.8 Å². The molecule has 0 aliphatic carbocycles. The van der Waals surface area contributed by atoms with Crippen LogP contribution in [0.15, 0.2) is 54.6 Å². The van der Waals surface area contributed by atoms with Crippen molar-refractivity contribution in [3.63, 3.8) is 0 Å². The second-order valence-corrected chi connectivity index (χ2v) is 5.05. The van der Waals surface area contributed by atoms with Gasteiger partial charge < -0.3 is 10.6 Å². The molecule has 2 amide bonds. The summed E-state index contributed by atoms with van der Waals surface area (Å²) in [6.07, 6.45) is 0.471. The number of hydrogen-bond donors (Lipinski definition) is 2. The van der Waals surface area contributed by atoms with Crippen LogP contribution in [0, 0.1) is 11.6 Å². The first-order valence-corrected chi connectivity index (χ1v) is 7.08. The second kappa shape index (κ2) is 6.45. The minimum atomic E-state index is -1.06. The van der Waals surface area contributed by atoms with Gasteiger partial charge in [-0.3, -0.25) is 9.59 Å². The van der Waals surface area contributed by atoms with Crippen LogP contribution in [0.1, 0.15) is 10.4 Å². The largest absolute Gasteiger partial charge is 0.328 e. The van der Waals surface area contributed by atoms with Crippen LogP contribution < -0.4 is 10.6 Å². The maximum absolute atomic E-state index is 13.3. The van der Waals surface area contributed by atoms with Crippen molar-refractivity contribution in [2.75, 3.05) is 10.6 Å². The summed E-state index contributed by atoms with van der Waals surface area (Å²) in [5.74, 6) is -2.60. The topological polar surface area (TPSA) is 58.2 Å². The predicted molar refractivity (Wildman–Crippen MR) is 87.9 cm³/mol. The smallest absolute Gasteiger partial charge is 0.258 e. The molecule has 0 radical (unpaired) electrons. The van der Waals surface area contributed by atoms with Gasteiger partial charge in [0.2, 0.25) is 6.41 Å². The molecule has 0 atom stereocenters. The molecule has 24 heavy (non-hydrogen) atoms. The van der Waals surface area contributed by atoms with E-state index in [2.05, 4.69) is 10.6 Å². The number of hydrogen-bond acceptors (Lipinski definition) is 2. The number of benzene rings is 3. The summed E-state index contributed by atoms with van der Waals surface area (Å²) in [4.78, 5) is 23.4. The first-order chi connectivity index (χ1) is 11.6. The highest BCUT2D eigenvalue weighted by Crippen LogP contribution is 2.27. The Balaban J connectivity index is 2.05. The number of halogens is 2. The Morgan fingerprint density at radius 3 is 2.50 bits per heavy atom. The highest BCUT2D eigenvalue weighted by atomic mass is 19.2. The monoisotopic (exact) mass is 326 g/mol. The molecule has 3 aromatic carbocycles. The summed E-state index contributed by atoms with van der Waals surface area (Å²) in [5.41, 5.74) is 0.678. The molecule has 0 saturated carbocycles. The van der Waals surface area contributed by atoms with E-state index in [-0.39, 0.29) is 11.3 Å². The van der Waals surface area contributed by atoms with E-state index < -0.39 is 17.5 Å². The predicted octanol–water partition coefficient (Wildman–Crippen LogP) is 3.94. The maximum atomic E-state index is 13.3. The molecule has 4 nitrogen and oxygen atoms in total. The van der Waals surface area contributed by atoms with Crippen molar-refractivity contribution < 1.29 is 18.4 Å². The Kier molecular flexibility index (Phi) is 4.20. The third-order valence-corrected chi connectivity index (χ3v) is 3.55. The summed E-state index contributed by atoms with van der Waals surface area (Å²) < 4.78 is 26.3. The SMILES string of the molecule is O=CNc1ccc2ccccc2c1C(=O)Nc1ccc(F)c(F)c1. The summed E-state index contributed by atoms with van der Waals surface area (Å²) in [7, 11) is 0. The normalized spacial score (nSPS) is 10.4. The Morgan fingerprint density at radius 1 is 0.958 bits per heavy atom. The second-order valence-electron chi connectivity index (χ2n) is 5.05. The fourth-order valence-electron chi connectivity index (χ4n) is 2.47. The van der Waals surface area contributed by atoms with E-state index in [1.165, 1.54) is 6.07 Å². The molecule has 6 heteroatoms. The zero-order valence-corrected chi connectivity index (χ0v) is 12.3. The third-order valence-electron chi connectivity index (χ3n) is 3.55. The summed E-state index contributed by atoms with van der Waals surface area (Å²) in [5, 5.41) is 6.43. The van der Waals surface area contributed by atoms with Crippen LogP contribution >= 0.6 is 0 Å². The minimum absolute atomic E-state index is 0.115. The van der Waals surface area contributed by atoms with Crippen molar-refractivity contribution >= 4 is 34.5 Å². The molecule has 3 rings (SSSR count). The molecule has 0 fully saturated rings. The van der Waals surface area contributed by atoms with Gasteiger partial charge >= 0.3 is 0 Å². The average molecular weight is 326 g/mol. The van der Waals surface area contributed by atoms with E-state index in [1.54, 1.807) is 24.3 Å². The molecule has 2 N–H and O–H groups in total. The lowest BCUT2D eigenvalue weighted by atomic mass is 10.0. The fourth-order valence-corrected chi connectivity index (χ4v) is 2.47. The lowest BCUT2D eigenvalue weighted by Gasteiger charge is -2.13. The van der Waals surface area contributed by atoms with Crippen LogP contribution in [-0.2, 0) is 4.79 Å². The van der Waals surface area contributed by atoms with E-state index in [0.717, 1.165) is 17.5 Å². The van der Waals surface area contributed by atoms with Crippen molar-refractivity contribution in [1.82, 2.24) is 0 Å². The Bertz CT molecular complexity index is 941. The zero-order chi connectivity index (χ0) is 17.1. The van der Waals surface area contributed by atoms with Gasteiger partial charge in [-0.15, -0.1) is 0 Å². The molecule has 0 heterocycles. The van der Waals surface area contributed by atoms with Gasteiger partial charge in [0, 0.05) is 11.8 Å². The molecule has 0 spiro atoms. The summed E-state index contributed by atoms with van der Waals surface area (Å²) >= 11 is 0. The van der Waals surface area contributed by atoms with Gasteiger partial charge in [0.15, 0.2) is 11.6 Å². The molecule has 0 unspecified atom stereocenters. The van der Waals surface area contributed by atoms with E-state index in [4.69, 9.17) is 0 Å². The van der Waals surface area contributed by atoms with E-state index in [1.807, 2.05) is 12.1 Å². The molecule has 0 aliphatic rings. The van der Waals surface area contributed by atoms with E-state index in [9.17, 15) is 18.4 Å². The fraction of sp³-hybridized carbons (Fsp3) is 0. The standard InChI is InChI=1S/C18H12F2N2O2/c19-14-7-6-12(9-15(14)20)22-18(24)17-13-4-2-1-3-11(13)5-8-16(17)21-10-23/h1-10H,(H,21,23)(H,22,24). The molecule has 0 bridgehead atoms. The van der Waals surface area contributed by atoms with Crippen LogP contribution in [-0.4, -0.2) is 12.3 Å². The number of rotatable bonds is 4. The summed E-state index contributed by atoms with van der Waals surface area (Å²) in [6.45, 7) is 0. The van der Waals surface area contributed by atoms with E-state index in [0.29, 0.717) is 17.5 Å². The highest BCUT2D eigenvalue weighted by molar-refractivity contribution is 6.17. The first-order valence-electron chi connectivity index (χ1n) is 7.08. The van der Waals surface area contributed by atoms with Crippen LogP contribution in [0.4, 0.5) is 20.2 Å². The molecule has 0 aliphatic heterocycles. The molecular weight excluding hydrogens is 314 g/mol. The van der Waals surface area contributed by atoms with Gasteiger partial charge in [-0.05, 0) is 29.0 Å².